The second kappa shape index (κ2) is 7.16. The summed E-state index contributed by atoms with van der Waals surface area (Å²) < 4.78 is 45.5. The van der Waals surface area contributed by atoms with Crippen LogP contribution in [0.15, 0.2) is 63.9 Å². The van der Waals surface area contributed by atoms with Gasteiger partial charge in [0.1, 0.15) is 17.3 Å². The fourth-order valence-electron chi connectivity index (χ4n) is 2.46. The van der Waals surface area contributed by atoms with E-state index >= 15 is 0 Å². The van der Waals surface area contributed by atoms with E-state index in [1.165, 1.54) is 12.1 Å². The highest BCUT2D eigenvalue weighted by Gasteiger charge is 2.16. The number of benzene rings is 2. The molecule has 0 saturated heterocycles. The SMILES string of the molecule is Cc1nc(-c2ccccc2)c(CCNS(=O)(=O)c2ccc(F)cc2)o1. The molecule has 25 heavy (non-hydrogen) atoms. The Morgan fingerprint density at radius 2 is 1.76 bits per heavy atom. The van der Waals surface area contributed by atoms with Crippen molar-refractivity contribution in [3.05, 3.63) is 72.1 Å². The molecule has 0 spiro atoms. The van der Waals surface area contributed by atoms with E-state index < -0.39 is 15.8 Å². The molecule has 5 nitrogen and oxygen atoms in total. The molecule has 0 unspecified atom stereocenters. The molecule has 1 heterocycles. The molecular weight excluding hydrogens is 343 g/mol. The van der Waals surface area contributed by atoms with E-state index in [9.17, 15) is 12.8 Å². The molecule has 0 aliphatic rings. The van der Waals surface area contributed by atoms with Crippen molar-refractivity contribution in [2.24, 2.45) is 0 Å². The summed E-state index contributed by atoms with van der Waals surface area (Å²) in [5.41, 5.74) is 1.62. The highest BCUT2D eigenvalue weighted by atomic mass is 32.2. The minimum Gasteiger partial charge on any atom is -0.445 e. The van der Waals surface area contributed by atoms with E-state index in [4.69, 9.17) is 4.42 Å². The minimum atomic E-state index is -3.70. The van der Waals surface area contributed by atoms with Gasteiger partial charge in [0.25, 0.3) is 0 Å². The Balaban J connectivity index is 1.71. The Morgan fingerprint density at radius 3 is 2.44 bits per heavy atom. The largest absolute Gasteiger partial charge is 0.445 e. The molecule has 0 bridgehead atoms. The van der Waals surface area contributed by atoms with Gasteiger partial charge < -0.3 is 4.42 Å². The first-order chi connectivity index (χ1) is 12.0. The van der Waals surface area contributed by atoms with E-state index in [0.717, 1.165) is 17.7 Å². The van der Waals surface area contributed by atoms with Crippen LogP contribution in [0.3, 0.4) is 0 Å². The average molecular weight is 360 g/mol. The first kappa shape index (κ1) is 17.3. The molecule has 1 N–H and O–H groups in total. The number of aromatic nitrogens is 1. The summed E-state index contributed by atoms with van der Waals surface area (Å²) in [6, 6.07) is 14.2. The Kier molecular flexibility index (Phi) is 4.96. The summed E-state index contributed by atoms with van der Waals surface area (Å²) in [4.78, 5) is 4.40. The van der Waals surface area contributed by atoms with Gasteiger partial charge in [-0.3, -0.25) is 0 Å². The lowest BCUT2D eigenvalue weighted by molar-refractivity contribution is 0.473. The molecular formula is C18H17FN2O3S. The summed E-state index contributed by atoms with van der Waals surface area (Å²) in [7, 11) is -3.70. The van der Waals surface area contributed by atoms with E-state index in [0.29, 0.717) is 23.8 Å². The topological polar surface area (TPSA) is 72.2 Å². The van der Waals surface area contributed by atoms with Crippen LogP contribution in [0.2, 0.25) is 0 Å². The van der Waals surface area contributed by atoms with Crippen LogP contribution in [-0.2, 0) is 16.4 Å². The first-order valence-corrected chi connectivity index (χ1v) is 9.21. The third-order valence-electron chi connectivity index (χ3n) is 3.62. The van der Waals surface area contributed by atoms with E-state index in [-0.39, 0.29) is 11.4 Å². The van der Waals surface area contributed by atoms with Crippen LogP contribution in [0.25, 0.3) is 11.3 Å². The van der Waals surface area contributed by atoms with Gasteiger partial charge in [-0.05, 0) is 24.3 Å². The van der Waals surface area contributed by atoms with Crippen molar-refractivity contribution in [3.63, 3.8) is 0 Å². The maximum Gasteiger partial charge on any atom is 0.240 e. The zero-order valence-corrected chi connectivity index (χ0v) is 14.4. The van der Waals surface area contributed by atoms with Gasteiger partial charge in [0.15, 0.2) is 5.89 Å². The monoisotopic (exact) mass is 360 g/mol. The molecule has 0 radical (unpaired) electrons. The Morgan fingerprint density at radius 1 is 1.08 bits per heavy atom. The van der Waals surface area contributed by atoms with Gasteiger partial charge in [-0.25, -0.2) is 22.5 Å². The Labute approximate surface area is 145 Å². The van der Waals surface area contributed by atoms with Gasteiger partial charge >= 0.3 is 0 Å². The molecule has 3 rings (SSSR count). The number of rotatable bonds is 6. The summed E-state index contributed by atoms with van der Waals surface area (Å²) in [6.07, 6.45) is 0.353. The smallest absolute Gasteiger partial charge is 0.240 e. The fraction of sp³-hybridized carbons (Fsp3) is 0.167. The predicted molar refractivity (Wildman–Crippen MR) is 92.0 cm³/mol. The molecule has 3 aromatic rings. The van der Waals surface area contributed by atoms with Gasteiger partial charge in [0, 0.05) is 25.5 Å². The van der Waals surface area contributed by atoms with Crippen LogP contribution >= 0.6 is 0 Å². The number of nitrogens with one attached hydrogen (secondary N) is 1. The number of hydrogen-bond acceptors (Lipinski definition) is 4. The summed E-state index contributed by atoms with van der Waals surface area (Å²) in [5.74, 6) is 0.657. The summed E-state index contributed by atoms with van der Waals surface area (Å²) >= 11 is 0. The maximum absolute atomic E-state index is 12.9. The molecule has 0 fully saturated rings. The molecule has 0 amide bonds. The van der Waals surface area contributed by atoms with Crippen LogP contribution in [0.5, 0.6) is 0 Å². The van der Waals surface area contributed by atoms with E-state index in [2.05, 4.69) is 9.71 Å². The predicted octanol–water partition coefficient (Wildman–Crippen LogP) is 3.31. The van der Waals surface area contributed by atoms with Crippen LogP contribution < -0.4 is 4.72 Å². The normalized spacial score (nSPS) is 11.6. The Bertz CT molecular complexity index is 952. The first-order valence-electron chi connectivity index (χ1n) is 7.73. The number of halogens is 1. The number of nitrogens with zero attached hydrogens (tertiary/aromatic N) is 1. The van der Waals surface area contributed by atoms with Gasteiger partial charge in [0.2, 0.25) is 10.0 Å². The van der Waals surface area contributed by atoms with Crippen molar-refractivity contribution in [1.82, 2.24) is 9.71 Å². The molecule has 130 valence electrons. The molecule has 0 saturated carbocycles. The molecule has 0 aliphatic heterocycles. The molecule has 1 aromatic heterocycles. The molecule has 2 aromatic carbocycles. The second-order valence-electron chi connectivity index (χ2n) is 5.47. The van der Waals surface area contributed by atoms with Gasteiger partial charge in [-0.15, -0.1) is 0 Å². The average Bonchev–Trinajstić information content (AvgIpc) is 2.96. The zero-order chi connectivity index (χ0) is 17.9. The second-order valence-corrected chi connectivity index (χ2v) is 7.24. The van der Waals surface area contributed by atoms with Crippen molar-refractivity contribution >= 4 is 10.0 Å². The summed E-state index contributed by atoms with van der Waals surface area (Å²) in [6.45, 7) is 1.90. The van der Waals surface area contributed by atoms with Crippen molar-refractivity contribution < 1.29 is 17.2 Å². The standard InChI is InChI=1S/C18H17FN2O3S/c1-13-21-18(14-5-3-2-4-6-14)17(24-13)11-12-20-25(22,23)16-9-7-15(19)8-10-16/h2-10,20H,11-12H2,1H3. The third-order valence-corrected chi connectivity index (χ3v) is 5.10. The number of aryl methyl sites for hydroxylation is 1. The van der Waals surface area contributed by atoms with Crippen LogP contribution in [0, 0.1) is 12.7 Å². The van der Waals surface area contributed by atoms with Crippen molar-refractivity contribution in [2.75, 3.05) is 6.54 Å². The Hall–Kier alpha value is -2.51. The van der Waals surface area contributed by atoms with Crippen molar-refractivity contribution in [1.29, 1.82) is 0 Å². The zero-order valence-electron chi connectivity index (χ0n) is 13.6. The molecule has 7 heteroatoms. The van der Waals surface area contributed by atoms with Crippen LogP contribution in [0.1, 0.15) is 11.7 Å². The highest BCUT2D eigenvalue weighted by molar-refractivity contribution is 7.89. The van der Waals surface area contributed by atoms with E-state index in [1.807, 2.05) is 30.3 Å². The fourth-order valence-corrected chi connectivity index (χ4v) is 3.49. The lowest BCUT2D eigenvalue weighted by Gasteiger charge is -2.06. The number of sulfonamides is 1. The van der Waals surface area contributed by atoms with Crippen molar-refractivity contribution in [3.8, 4) is 11.3 Å². The van der Waals surface area contributed by atoms with Crippen molar-refractivity contribution in [2.45, 2.75) is 18.2 Å². The van der Waals surface area contributed by atoms with Crippen LogP contribution in [-0.4, -0.2) is 19.9 Å². The van der Waals surface area contributed by atoms with Gasteiger partial charge in [0.05, 0.1) is 4.90 Å². The summed E-state index contributed by atoms with van der Waals surface area (Å²) in [5, 5.41) is 0. The highest BCUT2D eigenvalue weighted by Crippen LogP contribution is 2.24. The van der Waals surface area contributed by atoms with Crippen LogP contribution in [0.4, 0.5) is 4.39 Å². The lowest BCUT2D eigenvalue weighted by atomic mass is 10.1. The molecule has 0 aliphatic carbocycles. The quantitative estimate of drug-likeness (QED) is 0.732. The number of oxazole rings is 1. The van der Waals surface area contributed by atoms with Gasteiger partial charge in [-0.1, -0.05) is 30.3 Å². The lowest BCUT2D eigenvalue weighted by Crippen LogP contribution is -2.26. The molecule has 0 atom stereocenters. The van der Waals surface area contributed by atoms with Gasteiger partial charge in [-0.2, -0.15) is 0 Å². The maximum atomic E-state index is 12.9. The third kappa shape index (κ3) is 4.12. The minimum absolute atomic E-state index is 0.0194. The van der Waals surface area contributed by atoms with E-state index in [1.54, 1.807) is 6.92 Å². The number of hydrogen-bond donors (Lipinski definition) is 1.